The maximum Gasteiger partial charge on any atom is 0.253 e. The number of fused-ring (bicyclic) bond motifs is 1. The lowest BCUT2D eigenvalue weighted by molar-refractivity contribution is 0.0739. The molecule has 0 aromatic heterocycles. The third-order valence-corrected chi connectivity index (χ3v) is 3.50. The first-order valence-electron chi connectivity index (χ1n) is 6.36. The number of hydrogen-bond donors (Lipinski definition) is 1. The van der Waals surface area contributed by atoms with Gasteiger partial charge in [-0.1, -0.05) is 0 Å². The zero-order valence-electron chi connectivity index (χ0n) is 11.0. The Bertz CT molecular complexity index is 445. The molecule has 0 bridgehead atoms. The van der Waals surface area contributed by atoms with Gasteiger partial charge in [-0.3, -0.25) is 4.79 Å². The zero-order chi connectivity index (χ0) is 13.1. The van der Waals surface area contributed by atoms with Crippen molar-refractivity contribution < 1.29 is 9.53 Å². The molecule has 0 saturated heterocycles. The predicted molar refractivity (Wildman–Crippen MR) is 70.9 cm³/mol. The Hall–Kier alpha value is -1.55. The average molecular weight is 248 g/mol. The smallest absolute Gasteiger partial charge is 0.253 e. The van der Waals surface area contributed by atoms with E-state index < -0.39 is 0 Å². The number of hydrogen-bond acceptors (Lipinski definition) is 3. The number of benzene rings is 1. The Kier molecular flexibility index (Phi) is 3.87. The molecule has 1 heterocycles. The van der Waals surface area contributed by atoms with E-state index in [9.17, 15) is 4.79 Å². The summed E-state index contributed by atoms with van der Waals surface area (Å²) < 4.78 is 5.44. The van der Waals surface area contributed by atoms with Gasteiger partial charge in [-0.05, 0) is 43.7 Å². The van der Waals surface area contributed by atoms with Crippen molar-refractivity contribution in [3.8, 4) is 5.75 Å². The molecule has 1 aromatic carbocycles. The van der Waals surface area contributed by atoms with E-state index in [4.69, 9.17) is 10.5 Å². The highest BCUT2D eigenvalue weighted by Crippen LogP contribution is 2.26. The normalized spacial score (nSPS) is 14.8. The second-order valence-electron chi connectivity index (χ2n) is 4.76. The number of nitrogens with two attached hydrogens (primary N) is 1. The number of rotatable bonds is 4. The molecule has 1 unspecified atom stereocenters. The lowest BCUT2D eigenvalue weighted by Crippen LogP contribution is -2.36. The Balaban J connectivity index is 2.13. The van der Waals surface area contributed by atoms with Crippen molar-refractivity contribution in [1.82, 2.24) is 4.90 Å². The van der Waals surface area contributed by atoms with E-state index in [1.807, 2.05) is 32.2 Å². The molecule has 2 N–H and O–H groups in total. The quantitative estimate of drug-likeness (QED) is 0.877. The Labute approximate surface area is 108 Å². The third-order valence-electron chi connectivity index (χ3n) is 3.50. The summed E-state index contributed by atoms with van der Waals surface area (Å²) in [6, 6.07) is 5.82. The van der Waals surface area contributed by atoms with E-state index >= 15 is 0 Å². The monoisotopic (exact) mass is 248 g/mol. The molecule has 0 aliphatic carbocycles. The largest absolute Gasteiger partial charge is 0.493 e. The van der Waals surface area contributed by atoms with Crippen molar-refractivity contribution in [2.24, 2.45) is 5.73 Å². The van der Waals surface area contributed by atoms with Crippen molar-refractivity contribution in [3.63, 3.8) is 0 Å². The van der Waals surface area contributed by atoms with Crippen LogP contribution in [0.3, 0.4) is 0 Å². The average Bonchev–Trinajstić information content (AvgIpc) is 2.84. The van der Waals surface area contributed by atoms with Gasteiger partial charge in [-0.25, -0.2) is 0 Å². The van der Waals surface area contributed by atoms with Crippen LogP contribution >= 0.6 is 0 Å². The second kappa shape index (κ2) is 5.40. The van der Waals surface area contributed by atoms with Crippen molar-refractivity contribution >= 4 is 5.91 Å². The van der Waals surface area contributed by atoms with Gasteiger partial charge in [-0.15, -0.1) is 0 Å². The molecule has 0 fully saturated rings. The third kappa shape index (κ3) is 2.48. The molecule has 2 rings (SSSR count). The van der Waals surface area contributed by atoms with Crippen LogP contribution in [0.1, 0.15) is 29.3 Å². The minimum atomic E-state index is 0.0469. The SMILES string of the molecule is CC(CCN)N(C)C(=O)c1ccc2c(c1)CCO2. The molecule has 4 heteroatoms. The lowest BCUT2D eigenvalue weighted by atomic mass is 10.1. The molecule has 0 spiro atoms. The number of carbonyl (C=O) groups excluding carboxylic acids is 1. The summed E-state index contributed by atoms with van der Waals surface area (Å²) in [7, 11) is 1.83. The topological polar surface area (TPSA) is 55.6 Å². The molecule has 0 radical (unpaired) electrons. The van der Waals surface area contributed by atoms with Crippen LogP contribution in [0.2, 0.25) is 0 Å². The Morgan fingerprint density at radius 3 is 3.06 bits per heavy atom. The van der Waals surface area contributed by atoms with Crippen molar-refractivity contribution in [2.45, 2.75) is 25.8 Å². The minimum Gasteiger partial charge on any atom is -0.493 e. The number of nitrogens with zero attached hydrogens (tertiary/aromatic N) is 1. The molecule has 1 atom stereocenters. The fourth-order valence-electron chi connectivity index (χ4n) is 2.16. The predicted octanol–water partition coefficient (Wildman–Crippen LogP) is 1.43. The number of ether oxygens (including phenoxy) is 1. The molecule has 18 heavy (non-hydrogen) atoms. The van der Waals surface area contributed by atoms with E-state index in [1.165, 1.54) is 0 Å². The maximum atomic E-state index is 12.3. The molecule has 1 aliphatic heterocycles. The molecule has 1 aromatic rings. The van der Waals surface area contributed by atoms with Gasteiger partial charge in [0.1, 0.15) is 5.75 Å². The van der Waals surface area contributed by atoms with Crippen LogP contribution in [0.4, 0.5) is 0 Å². The Morgan fingerprint density at radius 2 is 2.33 bits per heavy atom. The first-order valence-corrected chi connectivity index (χ1v) is 6.36. The van der Waals surface area contributed by atoms with Crippen molar-refractivity contribution in [3.05, 3.63) is 29.3 Å². The van der Waals surface area contributed by atoms with Gasteiger partial charge in [-0.2, -0.15) is 0 Å². The van der Waals surface area contributed by atoms with Gasteiger partial charge in [0.2, 0.25) is 0 Å². The van der Waals surface area contributed by atoms with Gasteiger partial charge >= 0.3 is 0 Å². The van der Waals surface area contributed by atoms with E-state index in [-0.39, 0.29) is 11.9 Å². The standard InChI is InChI=1S/C14H20N2O2/c1-10(5-7-15)16(2)14(17)12-3-4-13-11(9-12)6-8-18-13/h3-4,9-10H,5-8,15H2,1-2H3. The van der Waals surface area contributed by atoms with Gasteiger partial charge in [0.15, 0.2) is 0 Å². The highest BCUT2D eigenvalue weighted by Gasteiger charge is 2.19. The highest BCUT2D eigenvalue weighted by atomic mass is 16.5. The highest BCUT2D eigenvalue weighted by molar-refractivity contribution is 5.94. The molecule has 1 aliphatic rings. The van der Waals surface area contributed by atoms with Crippen molar-refractivity contribution in [2.75, 3.05) is 20.2 Å². The van der Waals surface area contributed by atoms with E-state index in [2.05, 4.69) is 0 Å². The molecular formula is C14H20N2O2. The van der Waals surface area contributed by atoms with Crippen LogP contribution in [0.25, 0.3) is 0 Å². The molecule has 98 valence electrons. The Morgan fingerprint density at radius 1 is 1.56 bits per heavy atom. The second-order valence-corrected chi connectivity index (χ2v) is 4.76. The summed E-state index contributed by atoms with van der Waals surface area (Å²) >= 11 is 0. The fourth-order valence-corrected chi connectivity index (χ4v) is 2.16. The van der Waals surface area contributed by atoms with Crippen molar-refractivity contribution in [1.29, 1.82) is 0 Å². The summed E-state index contributed by atoms with van der Waals surface area (Å²) in [6.45, 7) is 3.32. The van der Waals surface area contributed by atoms with E-state index in [0.717, 1.165) is 29.7 Å². The molecule has 4 nitrogen and oxygen atoms in total. The van der Waals surface area contributed by atoms with Crippen LogP contribution in [0.15, 0.2) is 18.2 Å². The van der Waals surface area contributed by atoms with E-state index in [0.29, 0.717) is 13.2 Å². The van der Waals surface area contributed by atoms with E-state index in [1.54, 1.807) is 4.90 Å². The number of amides is 1. The van der Waals surface area contributed by atoms with Gasteiger partial charge in [0.25, 0.3) is 5.91 Å². The maximum absolute atomic E-state index is 12.3. The fraction of sp³-hybridized carbons (Fsp3) is 0.500. The summed E-state index contributed by atoms with van der Waals surface area (Å²) in [5.41, 5.74) is 7.38. The summed E-state index contributed by atoms with van der Waals surface area (Å²) in [6.07, 6.45) is 1.70. The van der Waals surface area contributed by atoms with Crippen LogP contribution in [0.5, 0.6) is 5.75 Å². The molecule has 0 saturated carbocycles. The summed E-state index contributed by atoms with van der Waals surface area (Å²) in [5.74, 6) is 0.954. The molecule has 1 amide bonds. The van der Waals surface area contributed by atoms with Crippen LogP contribution < -0.4 is 10.5 Å². The first kappa shape index (κ1) is 12.9. The lowest BCUT2D eigenvalue weighted by Gasteiger charge is -2.24. The van der Waals surface area contributed by atoms with Gasteiger partial charge in [0, 0.05) is 25.1 Å². The van der Waals surface area contributed by atoms with Crippen LogP contribution in [-0.2, 0) is 6.42 Å². The van der Waals surface area contributed by atoms with Gasteiger partial charge in [0.05, 0.1) is 6.61 Å². The van der Waals surface area contributed by atoms with Gasteiger partial charge < -0.3 is 15.4 Å². The number of carbonyl (C=O) groups is 1. The summed E-state index contributed by atoms with van der Waals surface area (Å²) in [5, 5.41) is 0. The zero-order valence-corrected chi connectivity index (χ0v) is 11.0. The van der Waals surface area contributed by atoms with Crippen LogP contribution in [-0.4, -0.2) is 37.0 Å². The van der Waals surface area contributed by atoms with Crippen LogP contribution in [0, 0.1) is 0 Å². The molecular weight excluding hydrogens is 228 g/mol. The first-order chi connectivity index (χ1) is 8.63. The summed E-state index contributed by atoms with van der Waals surface area (Å²) in [4.78, 5) is 14.1. The minimum absolute atomic E-state index is 0.0469.